The van der Waals surface area contributed by atoms with Crippen molar-refractivity contribution < 1.29 is 14.3 Å². The molecule has 1 amide bonds. The zero-order valence-corrected chi connectivity index (χ0v) is 18.0. The van der Waals surface area contributed by atoms with Gasteiger partial charge in [-0.1, -0.05) is 0 Å². The minimum atomic E-state index is -0.309. The zero-order chi connectivity index (χ0) is 22.2. The molecule has 5 aromatic rings. The third-order valence-corrected chi connectivity index (χ3v) is 6.11. The van der Waals surface area contributed by atoms with Gasteiger partial charge in [0.2, 0.25) is 0 Å². The van der Waals surface area contributed by atoms with Crippen LogP contribution in [0.15, 0.2) is 59.5 Å². The third-order valence-electron chi connectivity index (χ3n) is 5.05. The smallest absolute Gasteiger partial charge is 0.266 e. The van der Waals surface area contributed by atoms with Gasteiger partial charge in [-0.2, -0.15) is 0 Å². The number of methoxy groups -OCH3 is 1. The number of hydrogen-bond donors (Lipinski definition) is 3. The Balaban J connectivity index is 1.46. The van der Waals surface area contributed by atoms with Crippen LogP contribution in [0.1, 0.15) is 15.2 Å². The number of aromatic nitrogens is 3. The van der Waals surface area contributed by atoms with Gasteiger partial charge in [0.15, 0.2) is 0 Å². The van der Waals surface area contributed by atoms with Crippen molar-refractivity contribution in [1.82, 2.24) is 15.2 Å². The maximum Gasteiger partial charge on any atom is 0.266 e. The lowest BCUT2D eigenvalue weighted by Gasteiger charge is -2.10. The molecule has 3 heterocycles. The molecule has 0 unspecified atom stereocenters. The second-order valence-electron chi connectivity index (χ2n) is 7.11. The van der Waals surface area contributed by atoms with E-state index in [1.165, 1.54) is 17.4 Å². The Kier molecular flexibility index (Phi) is 4.87. The molecule has 9 heteroatoms. The van der Waals surface area contributed by atoms with Crippen molar-refractivity contribution in [3.05, 3.63) is 75.5 Å². The second-order valence-corrected chi connectivity index (χ2v) is 8.37. The number of fused-ring (bicyclic) bond motifs is 2. The molecule has 8 nitrogen and oxygen atoms in total. The molecule has 0 fully saturated rings. The van der Waals surface area contributed by atoms with Gasteiger partial charge >= 0.3 is 0 Å². The van der Waals surface area contributed by atoms with Crippen molar-refractivity contribution in [2.45, 2.75) is 6.92 Å². The van der Waals surface area contributed by atoms with Gasteiger partial charge in [0.25, 0.3) is 11.5 Å². The number of anilines is 1. The highest BCUT2D eigenvalue weighted by molar-refractivity contribution is 7.19. The van der Waals surface area contributed by atoms with Crippen molar-refractivity contribution in [3.8, 4) is 17.2 Å². The fourth-order valence-corrected chi connectivity index (χ4v) is 4.66. The van der Waals surface area contributed by atoms with Crippen LogP contribution in [0.3, 0.4) is 0 Å². The molecule has 3 aromatic heterocycles. The van der Waals surface area contributed by atoms with Gasteiger partial charge in [0.05, 0.1) is 18.2 Å². The van der Waals surface area contributed by atoms with E-state index in [0.717, 1.165) is 31.6 Å². The molecule has 160 valence electrons. The average Bonchev–Trinajstić information content (AvgIpc) is 3.34. The largest absolute Gasteiger partial charge is 0.497 e. The van der Waals surface area contributed by atoms with Gasteiger partial charge in [-0.3, -0.25) is 24.8 Å². The van der Waals surface area contributed by atoms with E-state index in [9.17, 15) is 9.59 Å². The van der Waals surface area contributed by atoms with Crippen LogP contribution in [0, 0.1) is 6.92 Å². The molecule has 0 radical (unpaired) electrons. The summed E-state index contributed by atoms with van der Waals surface area (Å²) in [6.45, 7) is 1.89. The van der Waals surface area contributed by atoms with Crippen molar-refractivity contribution in [3.63, 3.8) is 0 Å². The van der Waals surface area contributed by atoms with E-state index in [2.05, 4.69) is 20.5 Å². The normalized spacial score (nSPS) is 11.1. The minimum absolute atomic E-state index is 0.285. The molecule has 32 heavy (non-hydrogen) atoms. The summed E-state index contributed by atoms with van der Waals surface area (Å²) in [6.07, 6.45) is 1.69. The van der Waals surface area contributed by atoms with Crippen LogP contribution in [0.25, 0.3) is 21.0 Å². The molecule has 0 saturated carbocycles. The number of carbonyl (C=O) groups excluding carboxylic acids is 1. The van der Waals surface area contributed by atoms with Gasteiger partial charge in [0.1, 0.15) is 23.1 Å². The van der Waals surface area contributed by atoms with Crippen molar-refractivity contribution >= 4 is 44.1 Å². The average molecular weight is 446 g/mol. The van der Waals surface area contributed by atoms with E-state index in [-0.39, 0.29) is 11.5 Å². The molecule has 5 rings (SSSR count). The lowest BCUT2D eigenvalue weighted by atomic mass is 10.1. The van der Waals surface area contributed by atoms with Crippen LogP contribution in [0.2, 0.25) is 0 Å². The predicted octanol–water partition coefficient (Wildman–Crippen LogP) is 4.83. The molecule has 0 aliphatic heterocycles. The van der Waals surface area contributed by atoms with E-state index in [1.807, 2.05) is 49.4 Å². The molecule has 0 aliphatic carbocycles. The SMILES string of the molecule is COc1ccc2c(Oc3ccc4c(C(=O)Nc5cc(=O)[nH][nH]5)c(C)sc4c3)ccnc2c1. The van der Waals surface area contributed by atoms with Crippen LogP contribution in [-0.2, 0) is 0 Å². The topological polar surface area (TPSA) is 109 Å². The van der Waals surface area contributed by atoms with E-state index in [1.54, 1.807) is 13.3 Å². The number of aromatic amines is 2. The monoisotopic (exact) mass is 446 g/mol. The Labute approximate surface area is 185 Å². The van der Waals surface area contributed by atoms with Gasteiger partial charge in [0, 0.05) is 38.7 Å². The lowest BCUT2D eigenvalue weighted by Crippen LogP contribution is -2.12. The molecular weight excluding hydrogens is 428 g/mol. The fourth-order valence-electron chi connectivity index (χ4n) is 3.57. The minimum Gasteiger partial charge on any atom is -0.497 e. The number of nitrogens with zero attached hydrogens (tertiary/aromatic N) is 1. The number of H-pyrrole nitrogens is 2. The number of pyridine rings is 1. The number of benzene rings is 2. The Hall–Kier alpha value is -4.11. The number of ether oxygens (including phenoxy) is 2. The molecule has 3 N–H and O–H groups in total. The first-order valence-electron chi connectivity index (χ1n) is 9.74. The quantitative estimate of drug-likeness (QED) is 0.358. The summed E-state index contributed by atoms with van der Waals surface area (Å²) in [6, 6.07) is 14.4. The summed E-state index contributed by atoms with van der Waals surface area (Å²) < 4.78 is 12.4. The molecule has 0 atom stereocenters. The summed E-state index contributed by atoms with van der Waals surface area (Å²) >= 11 is 1.51. The van der Waals surface area contributed by atoms with E-state index in [4.69, 9.17) is 9.47 Å². The molecule has 0 saturated heterocycles. The first kappa shape index (κ1) is 19.8. The highest BCUT2D eigenvalue weighted by Gasteiger charge is 2.18. The zero-order valence-electron chi connectivity index (χ0n) is 17.2. The number of amides is 1. The Morgan fingerprint density at radius 1 is 1.03 bits per heavy atom. The van der Waals surface area contributed by atoms with E-state index in [0.29, 0.717) is 22.9 Å². The predicted molar refractivity (Wildman–Crippen MR) is 124 cm³/mol. The Bertz CT molecular complexity index is 1530. The summed E-state index contributed by atoms with van der Waals surface area (Å²) in [5.41, 5.74) is 1.03. The standard InChI is InChI=1S/C23H18N4O4S/c1-12-22(23(29)25-20-11-21(28)27-26-20)16-6-4-14(10-19(16)32-12)31-18-7-8-24-17-9-13(30-2)3-5-15(17)18/h3-11H,1-2H3,(H3,25,26,27,28,29). The van der Waals surface area contributed by atoms with Crippen molar-refractivity contribution in [2.75, 3.05) is 12.4 Å². The van der Waals surface area contributed by atoms with Crippen LogP contribution in [0.5, 0.6) is 17.2 Å². The van der Waals surface area contributed by atoms with Crippen molar-refractivity contribution in [1.29, 1.82) is 0 Å². The molecule has 0 spiro atoms. The number of nitrogens with one attached hydrogen (secondary N) is 3. The number of aryl methyl sites for hydroxylation is 1. The summed E-state index contributed by atoms with van der Waals surface area (Å²) in [4.78, 5) is 29.3. The molecule has 0 bridgehead atoms. The number of rotatable bonds is 5. The van der Waals surface area contributed by atoms with E-state index < -0.39 is 0 Å². The molecule has 2 aromatic carbocycles. The maximum absolute atomic E-state index is 12.8. The number of carbonyl (C=O) groups is 1. The van der Waals surface area contributed by atoms with Crippen LogP contribution in [0.4, 0.5) is 5.82 Å². The third kappa shape index (κ3) is 3.58. The highest BCUT2D eigenvalue weighted by Crippen LogP contribution is 2.36. The van der Waals surface area contributed by atoms with Crippen LogP contribution >= 0.6 is 11.3 Å². The van der Waals surface area contributed by atoms with Gasteiger partial charge in [-0.05, 0) is 43.3 Å². The van der Waals surface area contributed by atoms with Crippen LogP contribution in [-0.4, -0.2) is 28.2 Å². The summed E-state index contributed by atoms with van der Waals surface area (Å²) in [5, 5.41) is 9.43. The van der Waals surface area contributed by atoms with Crippen molar-refractivity contribution in [2.24, 2.45) is 0 Å². The second kappa shape index (κ2) is 7.86. The Morgan fingerprint density at radius 2 is 1.84 bits per heavy atom. The van der Waals surface area contributed by atoms with Gasteiger partial charge in [-0.25, -0.2) is 0 Å². The van der Waals surface area contributed by atoms with Crippen LogP contribution < -0.4 is 20.3 Å². The first-order chi connectivity index (χ1) is 15.5. The number of hydrogen-bond acceptors (Lipinski definition) is 6. The Morgan fingerprint density at radius 3 is 2.62 bits per heavy atom. The van der Waals surface area contributed by atoms with Gasteiger partial charge in [-0.15, -0.1) is 11.3 Å². The number of thiophene rings is 1. The fraction of sp³-hybridized carbons (Fsp3) is 0.0870. The summed E-state index contributed by atoms with van der Waals surface area (Å²) in [5.74, 6) is 2.10. The molecule has 0 aliphatic rings. The summed E-state index contributed by atoms with van der Waals surface area (Å²) in [7, 11) is 1.62. The first-order valence-corrected chi connectivity index (χ1v) is 10.6. The maximum atomic E-state index is 12.8. The lowest BCUT2D eigenvalue weighted by molar-refractivity contribution is 0.102. The van der Waals surface area contributed by atoms with Gasteiger partial charge < -0.3 is 14.8 Å². The highest BCUT2D eigenvalue weighted by atomic mass is 32.1. The van der Waals surface area contributed by atoms with E-state index >= 15 is 0 Å². The molecular formula is C23H18N4O4S.